The molecule has 16 heavy (non-hydrogen) atoms. The number of hydrogen-bond acceptors (Lipinski definition) is 2. The number of alkyl halides is 2. The Morgan fingerprint density at radius 2 is 1.69 bits per heavy atom. The van der Waals surface area contributed by atoms with E-state index in [0.29, 0.717) is 6.07 Å². The summed E-state index contributed by atoms with van der Waals surface area (Å²) in [4.78, 5) is 0. The van der Waals surface area contributed by atoms with E-state index in [9.17, 15) is 21.7 Å². The SMILES string of the molecule is F[B-](F)(F)c1cccc2c1OC(F)(F)O2.[K+]. The molecule has 0 fully saturated rings. The van der Waals surface area contributed by atoms with Crippen LogP contribution < -0.4 is 66.3 Å². The first-order valence-electron chi connectivity index (χ1n) is 3.88. The van der Waals surface area contributed by atoms with Crippen molar-refractivity contribution in [2.75, 3.05) is 0 Å². The fourth-order valence-corrected chi connectivity index (χ4v) is 1.25. The third kappa shape index (κ3) is 2.70. The molecule has 0 N–H and O–H groups in total. The second-order valence-corrected chi connectivity index (χ2v) is 2.92. The normalized spacial score (nSPS) is 16.8. The van der Waals surface area contributed by atoms with Crippen LogP contribution in [0.25, 0.3) is 0 Å². The van der Waals surface area contributed by atoms with E-state index in [4.69, 9.17) is 0 Å². The Morgan fingerprint density at radius 3 is 2.25 bits per heavy atom. The average Bonchev–Trinajstić information content (AvgIpc) is 2.35. The smallest absolute Gasteiger partial charge is 0.445 e. The van der Waals surface area contributed by atoms with Gasteiger partial charge < -0.3 is 22.4 Å². The van der Waals surface area contributed by atoms with Crippen molar-refractivity contribution < 1.29 is 82.6 Å². The van der Waals surface area contributed by atoms with Gasteiger partial charge in [0.2, 0.25) is 0 Å². The van der Waals surface area contributed by atoms with E-state index in [1.54, 1.807) is 0 Å². The molecule has 0 bridgehead atoms. The van der Waals surface area contributed by atoms with E-state index in [1.165, 1.54) is 0 Å². The van der Waals surface area contributed by atoms with Gasteiger partial charge in [0.1, 0.15) is 5.75 Å². The summed E-state index contributed by atoms with van der Waals surface area (Å²) >= 11 is 0. The van der Waals surface area contributed by atoms with Gasteiger partial charge in [0, 0.05) is 0 Å². The maximum absolute atomic E-state index is 12.5. The quantitative estimate of drug-likeness (QED) is 0.482. The Balaban J connectivity index is 0.00000128. The summed E-state index contributed by atoms with van der Waals surface area (Å²) in [7, 11) is 0. The molecule has 0 saturated heterocycles. The van der Waals surface area contributed by atoms with Crippen molar-refractivity contribution in [3.8, 4) is 11.5 Å². The molecule has 1 aliphatic heterocycles. The van der Waals surface area contributed by atoms with Crippen LogP contribution in [0.2, 0.25) is 0 Å². The minimum atomic E-state index is -5.40. The molecule has 1 aromatic rings. The Hall–Kier alpha value is 0.171. The second-order valence-electron chi connectivity index (χ2n) is 2.92. The van der Waals surface area contributed by atoms with E-state index < -0.39 is 30.2 Å². The molecule has 0 unspecified atom stereocenters. The van der Waals surface area contributed by atoms with Gasteiger partial charge in [-0.05, 0) is 6.07 Å². The van der Waals surface area contributed by atoms with Gasteiger partial charge in [0.05, 0.1) is 0 Å². The number of halogens is 5. The molecule has 0 saturated carbocycles. The maximum atomic E-state index is 12.5. The van der Waals surface area contributed by atoms with Crippen molar-refractivity contribution in [1.82, 2.24) is 0 Å². The molecule has 9 heteroatoms. The molecule has 2 nitrogen and oxygen atoms in total. The number of hydrogen-bond donors (Lipinski definition) is 0. The van der Waals surface area contributed by atoms with Gasteiger partial charge in [-0.25, -0.2) is 0 Å². The van der Waals surface area contributed by atoms with Crippen molar-refractivity contribution >= 4 is 12.4 Å². The van der Waals surface area contributed by atoms with E-state index in [0.717, 1.165) is 12.1 Å². The van der Waals surface area contributed by atoms with Crippen molar-refractivity contribution in [1.29, 1.82) is 0 Å². The van der Waals surface area contributed by atoms with Crippen molar-refractivity contribution in [2.45, 2.75) is 6.29 Å². The zero-order valence-corrected chi connectivity index (χ0v) is 11.1. The first-order chi connectivity index (χ1) is 6.80. The van der Waals surface area contributed by atoms with Gasteiger partial charge in [-0.3, -0.25) is 0 Å². The number of ether oxygens (including phenoxy) is 2. The van der Waals surface area contributed by atoms with Gasteiger partial charge in [0.15, 0.2) is 5.75 Å². The fourth-order valence-electron chi connectivity index (χ4n) is 1.25. The predicted molar refractivity (Wildman–Crippen MR) is 41.4 cm³/mol. The summed E-state index contributed by atoms with van der Waals surface area (Å²) in [6, 6.07) is 2.64. The molecule has 0 atom stereocenters. The first kappa shape index (κ1) is 14.2. The summed E-state index contributed by atoms with van der Waals surface area (Å²) in [6.07, 6.45) is -4.03. The Bertz CT molecular complexity index is 408. The van der Waals surface area contributed by atoms with Gasteiger partial charge in [-0.2, -0.15) is 0 Å². The van der Waals surface area contributed by atoms with E-state index in [2.05, 4.69) is 9.47 Å². The molecule has 0 radical (unpaired) electrons. The Kier molecular flexibility index (Phi) is 3.96. The van der Waals surface area contributed by atoms with Crippen LogP contribution in [-0.4, -0.2) is 13.3 Å². The molecular formula is C7H3BF5KO2. The first-order valence-corrected chi connectivity index (χ1v) is 3.88. The molecular weight excluding hydrogens is 261 g/mol. The minimum Gasteiger partial charge on any atom is -0.445 e. The minimum absolute atomic E-state index is 0. The molecule has 0 aromatic heterocycles. The molecule has 0 aliphatic carbocycles. The van der Waals surface area contributed by atoms with Crippen LogP contribution in [0, 0.1) is 0 Å². The number of benzene rings is 1. The van der Waals surface area contributed by atoms with Crippen molar-refractivity contribution in [3.63, 3.8) is 0 Å². The molecule has 0 spiro atoms. The molecule has 2 rings (SSSR count). The number of rotatable bonds is 1. The molecule has 1 aliphatic rings. The molecule has 0 amide bonds. The van der Waals surface area contributed by atoms with Crippen molar-refractivity contribution in [2.24, 2.45) is 0 Å². The van der Waals surface area contributed by atoms with Crippen LogP contribution in [0.4, 0.5) is 21.7 Å². The van der Waals surface area contributed by atoms with Gasteiger partial charge in [-0.1, -0.05) is 17.6 Å². The van der Waals surface area contributed by atoms with Gasteiger partial charge in [-0.15, -0.1) is 8.78 Å². The summed E-state index contributed by atoms with van der Waals surface area (Å²) in [6.45, 7) is -5.40. The fraction of sp³-hybridized carbons (Fsp3) is 0.143. The van der Waals surface area contributed by atoms with Crippen LogP contribution in [0.15, 0.2) is 18.2 Å². The summed E-state index contributed by atoms with van der Waals surface area (Å²) in [5.74, 6) is -1.55. The largest absolute Gasteiger partial charge is 1.00 e. The van der Waals surface area contributed by atoms with Crippen molar-refractivity contribution in [3.05, 3.63) is 18.2 Å². The second kappa shape index (κ2) is 4.45. The summed E-state index contributed by atoms with van der Waals surface area (Å²) in [5, 5.41) is 0. The van der Waals surface area contributed by atoms with Crippen LogP contribution in [-0.2, 0) is 0 Å². The number of fused-ring (bicyclic) bond motifs is 1. The van der Waals surface area contributed by atoms with E-state index in [1.807, 2.05) is 0 Å². The zero-order valence-electron chi connectivity index (χ0n) is 8.02. The molecule has 82 valence electrons. The Morgan fingerprint density at radius 1 is 1.06 bits per heavy atom. The van der Waals surface area contributed by atoms with E-state index >= 15 is 0 Å². The van der Waals surface area contributed by atoms with Gasteiger partial charge in [0.25, 0.3) is 0 Å². The van der Waals surface area contributed by atoms with E-state index in [-0.39, 0.29) is 51.4 Å². The summed E-state index contributed by atoms with van der Waals surface area (Å²) in [5.41, 5.74) is -1.22. The molecule has 1 heterocycles. The zero-order chi connectivity index (χ0) is 11.3. The Labute approximate surface area is 130 Å². The number of para-hydroxylation sites is 1. The molecule has 1 aromatic carbocycles. The topological polar surface area (TPSA) is 18.5 Å². The van der Waals surface area contributed by atoms with Crippen LogP contribution in [0.1, 0.15) is 0 Å². The monoisotopic (exact) mass is 264 g/mol. The van der Waals surface area contributed by atoms with Gasteiger partial charge >= 0.3 is 64.7 Å². The van der Waals surface area contributed by atoms with Crippen LogP contribution >= 0.6 is 0 Å². The third-order valence-corrected chi connectivity index (χ3v) is 1.81. The van der Waals surface area contributed by atoms with Crippen LogP contribution in [0.5, 0.6) is 11.5 Å². The standard InChI is InChI=1S/C7H3BF5O2.K/c9-7(10)14-5-3-1-2-4(6(5)15-7)8(11,12)13;/h1-3H;/q-1;+1. The third-order valence-electron chi connectivity index (χ3n) is 1.81. The average molecular weight is 264 g/mol. The summed E-state index contributed by atoms with van der Waals surface area (Å²) < 4.78 is 69.8. The maximum Gasteiger partial charge on any atom is 1.00 e. The predicted octanol–water partition coefficient (Wildman–Crippen LogP) is -0.934. The van der Waals surface area contributed by atoms with Crippen LogP contribution in [0.3, 0.4) is 0 Å².